The molecule has 0 bridgehead atoms. The van der Waals surface area contributed by atoms with E-state index in [0.29, 0.717) is 18.4 Å². The van der Waals surface area contributed by atoms with Crippen LogP contribution in [0.5, 0.6) is 0 Å². The summed E-state index contributed by atoms with van der Waals surface area (Å²) in [6, 6.07) is 7.10. The number of amides is 2. The van der Waals surface area contributed by atoms with Crippen LogP contribution < -0.4 is 16.4 Å². The molecule has 0 aliphatic carbocycles. The van der Waals surface area contributed by atoms with Crippen molar-refractivity contribution in [2.75, 3.05) is 24.7 Å². The van der Waals surface area contributed by atoms with E-state index < -0.39 is 34.9 Å². The quantitative estimate of drug-likeness (QED) is 0.266. The Kier molecular flexibility index (Phi) is 12.6. The number of nitrogens with zero attached hydrogens (tertiary/aromatic N) is 1. The molecular formula is C27H34ClF3N4O4S. The second kappa shape index (κ2) is 15.2. The number of rotatable bonds is 11. The second-order valence-corrected chi connectivity index (χ2v) is 10.8. The summed E-state index contributed by atoms with van der Waals surface area (Å²) >= 11 is 1.32. The highest BCUT2D eigenvalue weighted by Gasteiger charge is 2.35. The highest BCUT2D eigenvalue weighted by molar-refractivity contribution is 8.00. The molecule has 220 valence electrons. The Morgan fingerprint density at radius 3 is 2.38 bits per heavy atom. The van der Waals surface area contributed by atoms with Crippen molar-refractivity contribution in [2.24, 2.45) is 11.7 Å². The minimum absolute atomic E-state index is 0. The molecule has 3 rings (SSSR count). The number of nitrogens with two attached hydrogens (primary N) is 1. The van der Waals surface area contributed by atoms with Crippen LogP contribution >= 0.6 is 24.2 Å². The minimum Gasteiger partial charge on any atom is -0.467 e. The molecular weight excluding hydrogens is 569 g/mol. The number of carbonyl (C=O) groups excluding carboxylic acids is 3. The van der Waals surface area contributed by atoms with E-state index in [1.54, 1.807) is 12.1 Å². The zero-order valence-corrected chi connectivity index (χ0v) is 24.0. The number of anilines is 1. The van der Waals surface area contributed by atoms with E-state index in [4.69, 9.17) is 10.5 Å². The summed E-state index contributed by atoms with van der Waals surface area (Å²) in [5.41, 5.74) is 7.44. The SMILES string of the molecule is COC(=O)[C@H](Nc1ccc(CNC(=O)[C@@H]2SCCN2C(=O)C[C@H](N)Cc2cc(F)c(F)cc2F)cc1)C(C)C.Cl. The zero-order valence-electron chi connectivity index (χ0n) is 22.4. The lowest BCUT2D eigenvalue weighted by atomic mass is 10.0. The number of nitrogens with one attached hydrogen (secondary N) is 2. The van der Waals surface area contributed by atoms with Crippen molar-refractivity contribution >= 4 is 47.6 Å². The molecule has 1 aliphatic heterocycles. The monoisotopic (exact) mass is 602 g/mol. The largest absolute Gasteiger partial charge is 0.467 e. The van der Waals surface area contributed by atoms with E-state index in [2.05, 4.69) is 10.6 Å². The maximum atomic E-state index is 13.9. The average Bonchev–Trinajstić information content (AvgIpc) is 3.39. The van der Waals surface area contributed by atoms with Gasteiger partial charge in [0.05, 0.1) is 7.11 Å². The molecule has 8 nitrogen and oxygen atoms in total. The first-order valence-corrected chi connectivity index (χ1v) is 13.6. The molecule has 13 heteroatoms. The van der Waals surface area contributed by atoms with Gasteiger partial charge in [-0.15, -0.1) is 24.2 Å². The molecule has 0 aromatic heterocycles. The lowest BCUT2D eigenvalue weighted by Crippen LogP contribution is -2.46. The fourth-order valence-electron chi connectivity index (χ4n) is 4.16. The molecule has 2 aromatic carbocycles. The Hall–Kier alpha value is -2.96. The summed E-state index contributed by atoms with van der Waals surface area (Å²) in [7, 11) is 1.34. The van der Waals surface area contributed by atoms with Crippen molar-refractivity contribution in [3.63, 3.8) is 0 Å². The smallest absolute Gasteiger partial charge is 0.328 e. The van der Waals surface area contributed by atoms with Gasteiger partial charge in [-0.3, -0.25) is 9.59 Å². The Labute approximate surface area is 242 Å². The van der Waals surface area contributed by atoms with Gasteiger partial charge in [-0.2, -0.15) is 0 Å². The number of carbonyl (C=O) groups is 3. The van der Waals surface area contributed by atoms with Crippen LogP contribution in [0.4, 0.5) is 18.9 Å². The molecule has 2 amide bonds. The van der Waals surface area contributed by atoms with Gasteiger partial charge in [0.25, 0.3) is 5.91 Å². The zero-order chi connectivity index (χ0) is 28.7. The fraction of sp³-hybridized carbons (Fsp3) is 0.444. The van der Waals surface area contributed by atoms with Crippen LogP contribution in [0.1, 0.15) is 31.4 Å². The lowest BCUT2D eigenvalue weighted by molar-refractivity contribution is -0.142. The van der Waals surface area contributed by atoms with E-state index >= 15 is 0 Å². The molecule has 1 saturated heterocycles. The number of thioether (sulfide) groups is 1. The van der Waals surface area contributed by atoms with Gasteiger partial charge in [-0.05, 0) is 41.7 Å². The number of hydrogen-bond donors (Lipinski definition) is 3. The first-order chi connectivity index (χ1) is 18.5. The number of ether oxygens (including phenoxy) is 1. The summed E-state index contributed by atoms with van der Waals surface area (Å²) in [6.07, 6.45) is -0.338. The molecule has 3 atom stereocenters. The van der Waals surface area contributed by atoms with Gasteiger partial charge in [-0.25, -0.2) is 18.0 Å². The highest BCUT2D eigenvalue weighted by atomic mass is 35.5. The molecule has 4 N–H and O–H groups in total. The van der Waals surface area contributed by atoms with Crippen LogP contribution in [0.25, 0.3) is 0 Å². The summed E-state index contributed by atoms with van der Waals surface area (Å²) in [6.45, 7) is 4.41. The molecule has 0 unspecified atom stereocenters. The molecule has 40 heavy (non-hydrogen) atoms. The highest BCUT2D eigenvalue weighted by Crippen LogP contribution is 2.25. The topological polar surface area (TPSA) is 114 Å². The third-order valence-corrected chi connectivity index (χ3v) is 7.51. The van der Waals surface area contributed by atoms with E-state index in [1.165, 1.54) is 23.8 Å². The third-order valence-electron chi connectivity index (χ3n) is 6.31. The summed E-state index contributed by atoms with van der Waals surface area (Å²) < 4.78 is 45.4. The average molecular weight is 603 g/mol. The lowest BCUT2D eigenvalue weighted by Gasteiger charge is -2.24. The van der Waals surface area contributed by atoms with Gasteiger partial charge in [0.1, 0.15) is 11.9 Å². The minimum atomic E-state index is -1.30. The van der Waals surface area contributed by atoms with Crippen molar-refractivity contribution < 1.29 is 32.3 Å². The van der Waals surface area contributed by atoms with Gasteiger partial charge < -0.3 is 26.0 Å². The van der Waals surface area contributed by atoms with E-state index in [-0.39, 0.29) is 61.1 Å². The Bertz CT molecular complexity index is 1190. The third kappa shape index (κ3) is 8.77. The Morgan fingerprint density at radius 2 is 1.75 bits per heavy atom. The summed E-state index contributed by atoms with van der Waals surface area (Å²) in [5.74, 6) is -3.90. The first kappa shape index (κ1) is 33.2. The maximum Gasteiger partial charge on any atom is 0.328 e. The normalized spacial score (nSPS) is 16.2. The number of halogens is 4. The van der Waals surface area contributed by atoms with Crippen molar-refractivity contribution in [2.45, 2.75) is 50.7 Å². The van der Waals surface area contributed by atoms with Crippen molar-refractivity contribution in [1.29, 1.82) is 0 Å². The number of hydrogen-bond acceptors (Lipinski definition) is 7. The van der Waals surface area contributed by atoms with Gasteiger partial charge >= 0.3 is 5.97 Å². The van der Waals surface area contributed by atoms with Crippen molar-refractivity contribution in [3.8, 4) is 0 Å². The molecule has 1 aliphatic rings. The van der Waals surface area contributed by atoms with Gasteiger partial charge in [-0.1, -0.05) is 26.0 Å². The predicted molar refractivity (Wildman–Crippen MR) is 150 cm³/mol. The van der Waals surface area contributed by atoms with Crippen LogP contribution in [-0.2, 0) is 32.1 Å². The van der Waals surface area contributed by atoms with Crippen LogP contribution in [-0.4, -0.2) is 59.5 Å². The molecule has 0 spiro atoms. The van der Waals surface area contributed by atoms with E-state index in [9.17, 15) is 27.6 Å². The first-order valence-electron chi connectivity index (χ1n) is 12.5. The van der Waals surface area contributed by atoms with Crippen LogP contribution in [0.2, 0.25) is 0 Å². The number of benzene rings is 2. The molecule has 1 fully saturated rings. The predicted octanol–water partition coefficient (Wildman–Crippen LogP) is 3.61. The molecule has 2 aromatic rings. The van der Waals surface area contributed by atoms with Crippen LogP contribution in [0, 0.1) is 23.4 Å². The maximum absolute atomic E-state index is 13.9. The number of methoxy groups -OCH3 is 1. The summed E-state index contributed by atoms with van der Waals surface area (Å²) in [4.78, 5) is 39.1. The summed E-state index contributed by atoms with van der Waals surface area (Å²) in [5, 5.41) is 5.25. The molecule has 0 saturated carbocycles. The van der Waals surface area contributed by atoms with Gasteiger partial charge in [0.15, 0.2) is 17.0 Å². The van der Waals surface area contributed by atoms with Crippen LogP contribution in [0.3, 0.4) is 0 Å². The molecule has 0 radical (unpaired) electrons. The van der Waals surface area contributed by atoms with E-state index in [0.717, 1.165) is 17.3 Å². The van der Waals surface area contributed by atoms with E-state index in [1.807, 2.05) is 26.0 Å². The fourth-order valence-corrected chi connectivity index (χ4v) is 5.32. The molecule has 1 heterocycles. The van der Waals surface area contributed by atoms with Crippen molar-refractivity contribution in [3.05, 3.63) is 65.0 Å². The van der Waals surface area contributed by atoms with Gasteiger partial charge in [0, 0.05) is 43.1 Å². The van der Waals surface area contributed by atoms with Crippen LogP contribution in [0.15, 0.2) is 36.4 Å². The Morgan fingerprint density at radius 1 is 1.10 bits per heavy atom. The standard InChI is InChI=1S/C27H33F3N4O4S.ClH/c1-15(2)24(27(37)38-3)33-19-6-4-16(5-7-19)14-32-25(36)26-34(8-9-39-26)23(35)12-18(31)10-17-11-21(29)22(30)13-20(17)28;/h4-7,11,13,15,18,24,26,33H,8-10,12,14,31H2,1-3H3,(H,32,36);1H/t18-,24-,26+;/m1./s1. The second-order valence-electron chi connectivity index (χ2n) is 9.64. The van der Waals surface area contributed by atoms with Crippen molar-refractivity contribution in [1.82, 2.24) is 10.2 Å². The Balaban J connectivity index is 0.00000560. The number of esters is 1. The van der Waals surface area contributed by atoms with Gasteiger partial charge in [0.2, 0.25) is 5.91 Å².